The van der Waals surface area contributed by atoms with Crippen LogP contribution in [0.4, 0.5) is 0 Å². The number of hydrogen-bond donors (Lipinski definition) is 1. The standard InChI is InChI=1S/C15H29NO3/c1-12-6-8-13(9-7-12)19-11-5-10-15(2,16-3)14(17)18-4/h12-13,16H,5-11H2,1-4H3. The molecule has 4 nitrogen and oxygen atoms in total. The molecule has 0 bridgehead atoms. The molecule has 19 heavy (non-hydrogen) atoms. The molecule has 1 saturated carbocycles. The number of carbonyl (C=O) groups excluding carboxylic acids is 1. The van der Waals surface area contributed by atoms with Crippen LogP contribution in [0.15, 0.2) is 0 Å². The van der Waals surface area contributed by atoms with Crippen molar-refractivity contribution in [2.45, 2.75) is 64.0 Å². The summed E-state index contributed by atoms with van der Waals surface area (Å²) in [4.78, 5) is 11.7. The first-order valence-corrected chi connectivity index (χ1v) is 7.40. The Morgan fingerprint density at radius 1 is 1.32 bits per heavy atom. The third kappa shape index (κ3) is 5.11. The van der Waals surface area contributed by atoms with Crippen LogP contribution in [0, 0.1) is 5.92 Å². The van der Waals surface area contributed by atoms with Gasteiger partial charge in [-0.3, -0.25) is 4.79 Å². The Kier molecular flexibility index (Phi) is 6.80. The molecule has 0 radical (unpaired) electrons. The van der Waals surface area contributed by atoms with Crippen molar-refractivity contribution >= 4 is 5.97 Å². The zero-order chi connectivity index (χ0) is 14.3. The summed E-state index contributed by atoms with van der Waals surface area (Å²) in [6.45, 7) is 4.92. The molecular formula is C15H29NO3. The topological polar surface area (TPSA) is 47.6 Å². The van der Waals surface area contributed by atoms with E-state index < -0.39 is 5.54 Å². The van der Waals surface area contributed by atoms with Gasteiger partial charge in [0.1, 0.15) is 5.54 Å². The lowest BCUT2D eigenvalue weighted by molar-refractivity contribution is -0.148. The number of esters is 1. The molecule has 0 spiro atoms. The van der Waals surface area contributed by atoms with Crippen LogP contribution in [0.3, 0.4) is 0 Å². The Balaban J connectivity index is 2.20. The summed E-state index contributed by atoms with van der Waals surface area (Å²) < 4.78 is 10.7. The van der Waals surface area contributed by atoms with Crippen molar-refractivity contribution in [2.75, 3.05) is 20.8 Å². The van der Waals surface area contributed by atoms with E-state index >= 15 is 0 Å². The van der Waals surface area contributed by atoms with Gasteiger partial charge in [-0.05, 0) is 58.4 Å². The second-order valence-corrected chi connectivity index (χ2v) is 5.93. The molecule has 1 fully saturated rings. The van der Waals surface area contributed by atoms with E-state index in [1.807, 2.05) is 6.92 Å². The molecule has 1 rings (SSSR count). The van der Waals surface area contributed by atoms with Crippen molar-refractivity contribution in [3.8, 4) is 0 Å². The van der Waals surface area contributed by atoms with Gasteiger partial charge in [-0.1, -0.05) is 6.92 Å². The number of methoxy groups -OCH3 is 1. The van der Waals surface area contributed by atoms with Gasteiger partial charge in [0.15, 0.2) is 0 Å². The lowest BCUT2D eigenvalue weighted by Gasteiger charge is -2.28. The summed E-state index contributed by atoms with van der Waals surface area (Å²) in [6, 6.07) is 0. The van der Waals surface area contributed by atoms with E-state index in [1.165, 1.54) is 32.8 Å². The van der Waals surface area contributed by atoms with Gasteiger partial charge >= 0.3 is 5.97 Å². The largest absolute Gasteiger partial charge is 0.468 e. The molecule has 0 aromatic heterocycles. The van der Waals surface area contributed by atoms with Gasteiger partial charge < -0.3 is 14.8 Å². The highest BCUT2D eigenvalue weighted by Gasteiger charge is 2.31. The summed E-state index contributed by atoms with van der Waals surface area (Å²) in [5, 5.41) is 3.04. The van der Waals surface area contributed by atoms with Gasteiger partial charge in [0.05, 0.1) is 13.2 Å². The second kappa shape index (κ2) is 7.85. The maximum absolute atomic E-state index is 11.7. The molecular weight excluding hydrogens is 242 g/mol. The third-order valence-corrected chi connectivity index (χ3v) is 4.33. The van der Waals surface area contributed by atoms with Crippen LogP contribution >= 0.6 is 0 Å². The summed E-state index contributed by atoms with van der Waals surface area (Å²) in [7, 11) is 3.22. The van der Waals surface area contributed by atoms with Gasteiger partial charge in [-0.25, -0.2) is 0 Å². The summed E-state index contributed by atoms with van der Waals surface area (Å²) in [6.07, 6.45) is 6.96. The molecule has 0 aliphatic heterocycles. The van der Waals surface area contributed by atoms with Crippen molar-refractivity contribution in [3.05, 3.63) is 0 Å². The number of hydrogen-bond acceptors (Lipinski definition) is 4. The van der Waals surface area contributed by atoms with Gasteiger partial charge in [0.25, 0.3) is 0 Å². The average Bonchev–Trinajstić information content (AvgIpc) is 2.44. The minimum Gasteiger partial charge on any atom is -0.468 e. The predicted octanol–water partition coefficient (Wildman–Crippen LogP) is 2.51. The molecule has 1 N–H and O–H groups in total. The van der Waals surface area contributed by atoms with Gasteiger partial charge in [-0.15, -0.1) is 0 Å². The van der Waals surface area contributed by atoms with Crippen molar-refractivity contribution in [1.29, 1.82) is 0 Å². The highest BCUT2D eigenvalue weighted by Crippen LogP contribution is 2.25. The number of ether oxygens (including phenoxy) is 2. The molecule has 4 heteroatoms. The predicted molar refractivity (Wildman–Crippen MR) is 76.1 cm³/mol. The maximum Gasteiger partial charge on any atom is 0.325 e. The van der Waals surface area contributed by atoms with Crippen LogP contribution in [0.1, 0.15) is 52.4 Å². The molecule has 0 heterocycles. The third-order valence-electron chi connectivity index (χ3n) is 4.33. The lowest BCUT2D eigenvalue weighted by atomic mass is 9.89. The zero-order valence-corrected chi connectivity index (χ0v) is 12.8. The highest BCUT2D eigenvalue weighted by molar-refractivity contribution is 5.80. The molecule has 112 valence electrons. The normalized spacial score (nSPS) is 26.7. The number of nitrogens with one attached hydrogen (secondary N) is 1. The maximum atomic E-state index is 11.7. The highest BCUT2D eigenvalue weighted by atomic mass is 16.5. The van der Waals surface area contributed by atoms with Crippen LogP contribution < -0.4 is 5.32 Å². The SMILES string of the molecule is CNC(C)(CCCOC1CCC(C)CC1)C(=O)OC. The Morgan fingerprint density at radius 3 is 2.47 bits per heavy atom. The Hall–Kier alpha value is -0.610. The fourth-order valence-electron chi connectivity index (χ4n) is 2.63. The van der Waals surface area contributed by atoms with E-state index in [0.717, 1.165) is 25.4 Å². The summed E-state index contributed by atoms with van der Waals surface area (Å²) in [5.74, 6) is 0.647. The zero-order valence-electron chi connectivity index (χ0n) is 12.8. The van der Waals surface area contributed by atoms with Gasteiger partial charge in [0.2, 0.25) is 0 Å². The van der Waals surface area contributed by atoms with Crippen molar-refractivity contribution in [2.24, 2.45) is 5.92 Å². The monoisotopic (exact) mass is 271 g/mol. The van der Waals surface area contributed by atoms with E-state index in [-0.39, 0.29) is 5.97 Å². The van der Waals surface area contributed by atoms with Gasteiger partial charge in [-0.2, -0.15) is 0 Å². The Morgan fingerprint density at radius 2 is 1.95 bits per heavy atom. The number of rotatable bonds is 7. The summed E-state index contributed by atoms with van der Waals surface area (Å²) >= 11 is 0. The van der Waals surface area contributed by atoms with Crippen molar-refractivity contribution < 1.29 is 14.3 Å². The Labute approximate surface area is 117 Å². The van der Waals surface area contributed by atoms with Crippen LogP contribution in [0.2, 0.25) is 0 Å². The number of likely N-dealkylation sites (N-methyl/N-ethyl adjacent to an activating group) is 1. The molecule has 1 unspecified atom stereocenters. The van der Waals surface area contributed by atoms with Crippen LogP contribution in [-0.2, 0) is 14.3 Å². The molecule has 1 atom stereocenters. The quantitative estimate of drug-likeness (QED) is 0.571. The van der Waals surface area contributed by atoms with Gasteiger partial charge in [0, 0.05) is 6.61 Å². The first-order chi connectivity index (χ1) is 9.01. The molecule has 1 aliphatic rings. The van der Waals surface area contributed by atoms with E-state index in [0.29, 0.717) is 6.10 Å². The number of carbonyl (C=O) groups is 1. The molecule has 0 amide bonds. The minimum absolute atomic E-state index is 0.207. The van der Waals surface area contributed by atoms with E-state index in [4.69, 9.17) is 9.47 Å². The molecule has 0 aromatic carbocycles. The fraction of sp³-hybridized carbons (Fsp3) is 0.933. The van der Waals surface area contributed by atoms with E-state index in [2.05, 4.69) is 12.2 Å². The lowest BCUT2D eigenvalue weighted by Crippen LogP contribution is -2.48. The van der Waals surface area contributed by atoms with E-state index in [1.54, 1.807) is 7.05 Å². The molecule has 0 saturated heterocycles. The van der Waals surface area contributed by atoms with Crippen molar-refractivity contribution in [3.63, 3.8) is 0 Å². The first-order valence-electron chi connectivity index (χ1n) is 7.40. The molecule has 0 aromatic rings. The average molecular weight is 271 g/mol. The fourth-order valence-corrected chi connectivity index (χ4v) is 2.63. The molecule has 1 aliphatic carbocycles. The second-order valence-electron chi connectivity index (χ2n) is 5.93. The summed E-state index contributed by atoms with van der Waals surface area (Å²) in [5.41, 5.74) is -0.598. The Bertz CT molecular complexity index is 275. The van der Waals surface area contributed by atoms with E-state index in [9.17, 15) is 4.79 Å². The minimum atomic E-state index is -0.598. The van der Waals surface area contributed by atoms with Crippen LogP contribution in [-0.4, -0.2) is 38.4 Å². The van der Waals surface area contributed by atoms with Crippen LogP contribution in [0.5, 0.6) is 0 Å². The van der Waals surface area contributed by atoms with Crippen molar-refractivity contribution in [1.82, 2.24) is 5.32 Å². The van der Waals surface area contributed by atoms with Crippen LogP contribution in [0.25, 0.3) is 0 Å². The smallest absolute Gasteiger partial charge is 0.325 e. The first kappa shape index (κ1) is 16.4.